The van der Waals surface area contributed by atoms with Crippen LogP contribution in [-0.2, 0) is 11.2 Å². The second-order valence-electron chi connectivity index (χ2n) is 10.5. The number of unbranched alkanes of at least 4 members (excludes halogenated alkanes) is 3. The molecule has 0 radical (unpaired) electrons. The van der Waals surface area contributed by atoms with Gasteiger partial charge in [0.15, 0.2) is 0 Å². The van der Waals surface area contributed by atoms with Crippen LogP contribution in [0.2, 0.25) is 5.02 Å². The zero-order valence-corrected chi connectivity index (χ0v) is 21.7. The minimum absolute atomic E-state index is 0.0519. The fourth-order valence-corrected chi connectivity index (χ4v) is 4.48. The lowest BCUT2D eigenvalue weighted by atomic mass is 9.85. The molecule has 180 valence electrons. The van der Waals surface area contributed by atoms with Gasteiger partial charge in [0.25, 0.3) is 0 Å². The van der Waals surface area contributed by atoms with Crippen LogP contribution in [0.1, 0.15) is 76.5 Å². The average molecular weight is 472 g/mol. The highest BCUT2D eigenvalue weighted by Crippen LogP contribution is 2.44. The van der Waals surface area contributed by atoms with Crippen molar-refractivity contribution in [1.82, 2.24) is 0 Å². The lowest BCUT2D eigenvalue weighted by Crippen LogP contribution is -2.31. The number of halogens is 1. The maximum Gasteiger partial charge on any atom is 0.230 e. The summed E-state index contributed by atoms with van der Waals surface area (Å²) in [5, 5.41) is 3.92. The van der Waals surface area contributed by atoms with Crippen LogP contribution in [0.5, 0.6) is 11.5 Å². The third-order valence-corrected chi connectivity index (χ3v) is 6.67. The summed E-state index contributed by atoms with van der Waals surface area (Å²) in [5.74, 6) is 1.75. The first kappa shape index (κ1) is 25.4. The van der Waals surface area contributed by atoms with Crippen molar-refractivity contribution in [2.24, 2.45) is 5.41 Å². The summed E-state index contributed by atoms with van der Waals surface area (Å²) < 4.78 is 12.0. The van der Waals surface area contributed by atoms with Gasteiger partial charge in [-0.15, -0.1) is 0 Å². The molecule has 1 amide bonds. The molecule has 0 saturated heterocycles. The standard InChI is InChI=1S/C28H38ClNO3/c1-19-17-20(2)24(25-23(19)18-28(5,6)33-25)30-26(31)27(3,4)15-9-7-8-10-16-32-22-13-11-21(29)12-14-22/h11-14,17H,7-10,15-16,18H2,1-6H3,(H,30,31). The van der Waals surface area contributed by atoms with E-state index in [0.29, 0.717) is 11.6 Å². The van der Waals surface area contributed by atoms with Crippen molar-refractivity contribution in [1.29, 1.82) is 0 Å². The van der Waals surface area contributed by atoms with Crippen molar-refractivity contribution in [3.63, 3.8) is 0 Å². The molecule has 4 nitrogen and oxygen atoms in total. The number of carbonyl (C=O) groups is 1. The number of nitrogens with one attached hydrogen (secondary N) is 1. The topological polar surface area (TPSA) is 47.6 Å². The van der Waals surface area contributed by atoms with Crippen molar-refractivity contribution in [3.8, 4) is 11.5 Å². The maximum absolute atomic E-state index is 13.2. The SMILES string of the molecule is Cc1cc(C)c(NC(=O)C(C)(C)CCCCCCOc2ccc(Cl)cc2)c2c1CC(C)(C)O2. The quantitative estimate of drug-likeness (QED) is 0.361. The van der Waals surface area contributed by atoms with Crippen molar-refractivity contribution < 1.29 is 14.3 Å². The Kier molecular flexibility index (Phi) is 8.00. The molecule has 3 rings (SSSR count). The normalized spacial score (nSPS) is 14.5. The number of benzene rings is 2. The van der Waals surface area contributed by atoms with Gasteiger partial charge in [-0.25, -0.2) is 0 Å². The first-order chi connectivity index (χ1) is 15.5. The van der Waals surface area contributed by atoms with Crippen LogP contribution in [0, 0.1) is 19.3 Å². The summed E-state index contributed by atoms with van der Waals surface area (Å²) in [5.41, 5.74) is 3.63. The molecule has 0 atom stereocenters. The third-order valence-electron chi connectivity index (χ3n) is 6.42. The van der Waals surface area contributed by atoms with Crippen molar-refractivity contribution in [3.05, 3.63) is 52.0 Å². The predicted octanol–water partition coefficient (Wildman–Crippen LogP) is 7.66. The molecular weight excluding hydrogens is 434 g/mol. The van der Waals surface area contributed by atoms with E-state index in [4.69, 9.17) is 21.1 Å². The minimum atomic E-state index is -0.446. The van der Waals surface area contributed by atoms with Gasteiger partial charge >= 0.3 is 0 Å². The van der Waals surface area contributed by atoms with Gasteiger partial charge in [0.05, 0.1) is 12.3 Å². The molecule has 0 unspecified atom stereocenters. The number of fused-ring (bicyclic) bond motifs is 1. The second-order valence-corrected chi connectivity index (χ2v) is 11.0. The van der Waals surface area contributed by atoms with E-state index in [9.17, 15) is 4.79 Å². The van der Waals surface area contributed by atoms with Crippen LogP contribution in [0.4, 0.5) is 5.69 Å². The fourth-order valence-electron chi connectivity index (χ4n) is 4.36. The molecule has 5 heteroatoms. The van der Waals surface area contributed by atoms with Crippen molar-refractivity contribution >= 4 is 23.2 Å². The van der Waals surface area contributed by atoms with E-state index in [2.05, 4.69) is 32.2 Å². The lowest BCUT2D eigenvalue weighted by Gasteiger charge is -2.25. The van der Waals surface area contributed by atoms with E-state index >= 15 is 0 Å². The number of rotatable bonds is 10. The molecule has 0 saturated carbocycles. The zero-order valence-electron chi connectivity index (χ0n) is 20.9. The van der Waals surface area contributed by atoms with Crippen molar-refractivity contribution in [2.45, 2.75) is 85.7 Å². The van der Waals surface area contributed by atoms with E-state index in [-0.39, 0.29) is 11.5 Å². The van der Waals surface area contributed by atoms with Crippen molar-refractivity contribution in [2.75, 3.05) is 11.9 Å². The van der Waals surface area contributed by atoms with Gasteiger partial charge < -0.3 is 14.8 Å². The smallest absolute Gasteiger partial charge is 0.230 e. The van der Waals surface area contributed by atoms with E-state index in [1.54, 1.807) is 0 Å². The van der Waals surface area contributed by atoms with Gasteiger partial charge in [-0.1, -0.05) is 50.8 Å². The number of amides is 1. The Hall–Kier alpha value is -2.20. The highest BCUT2D eigenvalue weighted by molar-refractivity contribution is 6.30. The maximum atomic E-state index is 13.2. The van der Waals surface area contributed by atoms with Crippen LogP contribution in [0.3, 0.4) is 0 Å². The molecule has 0 spiro atoms. The van der Waals surface area contributed by atoms with E-state index in [1.807, 2.05) is 45.0 Å². The van der Waals surface area contributed by atoms with Gasteiger partial charge in [0.1, 0.15) is 17.1 Å². The van der Waals surface area contributed by atoms with Crippen LogP contribution in [-0.4, -0.2) is 18.1 Å². The first-order valence-corrected chi connectivity index (χ1v) is 12.4. The molecule has 2 aromatic rings. The zero-order chi connectivity index (χ0) is 24.2. The highest BCUT2D eigenvalue weighted by Gasteiger charge is 2.35. The van der Waals surface area contributed by atoms with Gasteiger partial charge in [-0.05, 0) is 75.9 Å². The van der Waals surface area contributed by atoms with Gasteiger partial charge in [0, 0.05) is 22.4 Å². The molecule has 33 heavy (non-hydrogen) atoms. The van der Waals surface area contributed by atoms with Crippen LogP contribution in [0.25, 0.3) is 0 Å². The van der Waals surface area contributed by atoms with Gasteiger partial charge in [-0.3, -0.25) is 4.79 Å². The third kappa shape index (κ3) is 6.66. The second kappa shape index (κ2) is 10.4. The van der Waals surface area contributed by atoms with E-state index in [0.717, 1.165) is 61.3 Å². The Morgan fingerprint density at radius 2 is 1.76 bits per heavy atom. The Morgan fingerprint density at radius 1 is 1.09 bits per heavy atom. The molecule has 0 aromatic heterocycles. The largest absolute Gasteiger partial charge is 0.494 e. The molecule has 2 aromatic carbocycles. The van der Waals surface area contributed by atoms with Crippen LogP contribution >= 0.6 is 11.6 Å². The number of hydrogen-bond acceptors (Lipinski definition) is 3. The van der Waals surface area contributed by atoms with E-state index in [1.165, 1.54) is 11.1 Å². The monoisotopic (exact) mass is 471 g/mol. The summed E-state index contributed by atoms with van der Waals surface area (Å²) in [4.78, 5) is 13.2. The number of ether oxygens (including phenoxy) is 2. The summed E-state index contributed by atoms with van der Waals surface area (Å²) in [6.45, 7) is 13.1. The number of anilines is 1. The molecule has 0 bridgehead atoms. The lowest BCUT2D eigenvalue weighted by molar-refractivity contribution is -0.124. The number of hydrogen-bond donors (Lipinski definition) is 1. The minimum Gasteiger partial charge on any atom is -0.494 e. The summed E-state index contributed by atoms with van der Waals surface area (Å²) >= 11 is 5.89. The Labute approximate surface area is 204 Å². The number of carbonyl (C=O) groups excluding carboxylic acids is 1. The van der Waals surface area contributed by atoms with Crippen LogP contribution in [0.15, 0.2) is 30.3 Å². The number of aryl methyl sites for hydroxylation is 2. The van der Waals surface area contributed by atoms with E-state index < -0.39 is 5.41 Å². The molecule has 1 aliphatic rings. The predicted molar refractivity (Wildman–Crippen MR) is 137 cm³/mol. The summed E-state index contributed by atoms with van der Waals surface area (Å²) in [6.07, 6.45) is 5.88. The average Bonchev–Trinajstić information content (AvgIpc) is 3.07. The molecular formula is C28H38ClNO3. The Bertz CT molecular complexity index is 980. The van der Waals surface area contributed by atoms with Gasteiger partial charge in [0.2, 0.25) is 5.91 Å². The van der Waals surface area contributed by atoms with Gasteiger partial charge in [-0.2, -0.15) is 0 Å². The highest BCUT2D eigenvalue weighted by atomic mass is 35.5. The fraction of sp³-hybridized carbons (Fsp3) is 0.536. The Morgan fingerprint density at radius 3 is 2.45 bits per heavy atom. The summed E-state index contributed by atoms with van der Waals surface area (Å²) in [6, 6.07) is 9.60. The molecule has 0 fully saturated rings. The summed E-state index contributed by atoms with van der Waals surface area (Å²) in [7, 11) is 0. The Balaban J connectivity index is 1.46. The molecule has 1 N–H and O–H groups in total. The molecule has 1 aliphatic heterocycles. The molecule has 1 heterocycles. The first-order valence-electron chi connectivity index (χ1n) is 12.0. The van der Waals surface area contributed by atoms with Crippen LogP contribution < -0.4 is 14.8 Å². The molecule has 0 aliphatic carbocycles.